The van der Waals surface area contributed by atoms with E-state index in [4.69, 9.17) is 15.2 Å². The van der Waals surface area contributed by atoms with E-state index in [1.165, 1.54) is 5.56 Å². The van der Waals surface area contributed by atoms with Gasteiger partial charge in [0.15, 0.2) is 18.1 Å². The maximum atomic E-state index is 12.0. The molecule has 0 fully saturated rings. The molecular weight excluding hydrogens is 364 g/mol. The van der Waals surface area contributed by atoms with Gasteiger partial charge in [0, 0.05) is 12.6 Å². The second-order valence-electron chi connectivity index (χ2n) is 6.40. The van der Waals surface area contributed by atoms with Crippen LogP contribution in [-0.4, -0.2) is 25.7 Å². The van der Waals surface area contributed by atoms with Gasteiger partial charge in [0.25, 0.3) is 5.91 Å². The van der Waals surface area contributed by atoms with Crippen molar-refractivity contribution in [3.63, 3.8) is 0 Å². The Balaban J connectivity index is 0.00000364. The number of nitrogens with one attached hydrogen (secondary N) is 1. The normalized spacial score (nSPS) is 11.4. The molecule has 0 saturated carbocycles. The molecule has 2 aromatic carbocycles. The fraction of sp³-hybridized carbons (Fsp3) is 0.381. The van der Waals surface area contributed by atoms with E-state index >= 15 is 0 Å². The average Bonchev–Trinajstić information content (AvgIpc) is 2.65. The lowest BCUT2D eigenvalue weighted by atomic mass is 9.99. The summed E-state index contributed by atoms with van der Waals surface area (Å²) in [7, 11) is 0. The van der Waals surface area contributed by atoms with Gasteiger partial charge in [0.05, 0.1) is 6.61 Å². The molecule has 5 nitrogen and oxygen atoms in total. The first-order valence-electron chi connectivity index (χ1n) is 8.98. The van der Waals surface area contributed by atoms with Crippen molar-refractivity contribution in [2.75, 3.05) is 19.8 Å². The molecule has 3 N–H and O–H groups in total. The van der Waals surface area contributed by atoms with Gasteiger partial charge in [0.1, 0.15) is 0 Å². The Morgan fingerprint density at radius 1 is 1.00 bits per heavy atom. The molecule has 0 spiro atoms. The maximum Gasteiger partial charge on any atom is 0.258 e. The van der Waals surface area contributed by atoms with Crippen LogP contribution in [0.1, 0.15) is 43.9 Å². The van der Waals surface area contributed by atoms with E-state index in [0.29, 0.717) is 30.6 Å². The molecule has 2 aromatic rings. The van der Waals surface area contributed by atoms with Crippen LogP contribution in [0.3, 0.4) is 0 Å². The summed E-state index contributed by atoms with van der Waals surface area (Å²) >= 11 is 0. The Kier molecular flexibility index (Phi) is 9.68. The van der Waals surface area contributed by atoms with Crippen LogP contribution in [0.15, 0.2) is 48.5 Å². The predicted molar refractivity (Wildman–Crippen MR) is 111 cm³/mol. The zero-order valence-corrected chi connectivity index (χ0v) is 16.9. The molecule has 2 rings (SSSR count). The predicted octanol–water partition coefficient (Wildman–Crippen LogP) is 3.83. The molecule has 0 aromatic heterocycles. The number of nitrogens with two attached hydrogens (primary N) is 1. The minimum atomic E-state index is -0.254. The van der Waals surface area contributed by atoms with Gasteiger partial charge in [-0.05, 0) is 36.1 Å². The third-order valence-electron chi connectivity index (χ3n) is 4.06. The fourth-order valence-corrected chi connectivity index (χ4v) is 2.51. The van der Waals surface area contributed by atoms with Crippen molar-refractivity contribution >= 4 is 18.3 Å². The van der Waals surface area contributed by atoms with E-state index in [9.17, 15) is 4.79 Å². The highest BCUT2D eigenvalue weighted by atomic mass is 35.5. The molecule has 0 bridgehead atoms. The van der Waals surface area contributed by atoms with Crippen LogP contribution in [0.4, 0.5) is 0 Å². The van der Waals surface area contributed by atoms with Gasteiger partial charge < -0.3 is 20.5 Å². The number of hydrogen-bond donors (Lipinski definition) is 2. The lowest BCUT2D eigenvalue weighted by molar-refractivity contribution is -0.123. The molecule has 0 saturated heterocycles. The lowest BCUT2D eigenvalue weighted by Gasteiger charge is -2.15. The number of carbonyl (C=O) groups is 1. The minimum absolute atomic E-state index is 0. The van der Waals surface area contributed by atoms with Crippen molar-refractivity contribution in [2.24, 2.45) is 5.73 Å². The largest absolute Gasteiger partial charge is 0.490 e. The van der Waals surface area contributed by atoms with E-state index < -0.39 is 0 Å². The van der Waals surface area contributed by atoms with Crippen molar-refractivity contribution in [3.8, 4) is 11.5 Å². The number of amides is 1. The van der Waals surface area contributed by atoms with Crippen molar-refractivity contribution in [1.29, 1.82) is 0 Å². The molecule has 0 heterocycles. The average molecular weight is 393 g/mol. The highest BCUT2D eigenvalue weighted by Crippen LogP contribution is 2.26. The van der Waals surface area contributed by atoms with Gasteiger partial charge in [0.2, 0.25) is 0 Å². The smallest absolute Gasteiger partial charge is 0.258 e. The van der Waals surface area contributed by atoms with E-state index in [2.05, 4.69) is 31.3 Å². The summed E-state index contributed by atoms with van der Waals surface area (Å²) in [5, 5.41) is 2.81. The van der Waals surface area contributed by atoms with Gasteiger partial charge in [-0.25, -0.2) is 0 Å². The SMILES string of the molecule is CCOc1ccccc1OCC(=O)NCC(N)c1ccc(C(C)C)cc1.Cl. The third kappa shape index (κ3) is 7.12. The summed E-state index contributed by atoms with van der Waals surface area (Å²) in [4.78, 5) is 12.0. The minimum Gasteiger partial charge on any atom is -0.490 e. The van der Waals surface area contributed by atoms with Gasteiger partial charge in [-0.1, -0.05) is 50.2 Å². The second kappa shape index (κ2) is 11.5. The quantitative estimate of drug-likeness (QED) is 0.680. The molecular formula is C21H29ClN2O3. The monoisotopic (exact) mass is 392 g/mol. The Labute approximate surface area is 167 Å². The molecule has 6 heteroatoms. The number of rotatable bonds is 9. The van der Waals surface area contributed by atoms with E-state index in [1.807, 2.05) is 37.3 Å². The highest BCUT2D eigenvalue weighted by molar-refractivity contribution is 5.85. The fourth-order valence-electron chi connectivity index (χ4n) is 2.51. The third-order valence-corrected chi connectivity index (χ3v) is 4.06. The molecule has 148 valence electrons. The van der Waals surface area contributed by atoms with E-state index in [-0.39, 0.29) is 31.0 Å². The summed E-state index contributed by atoms with van der Waals surface area (Å²) in [5.41, 5.74) is 8.43. The van der Waals surface area contributed by atoms with Crippen LogP contribution in [0, 0.1) is 0 Å². The second-order valence-corrected chi connectivity index (χ2v) is 6.40. The molecule has 0 aliphatic rings. The summed E-state index contributed by atoms with van der Waals surface area (Å²) in [6.45, 7) is 7.02. The first-order chi connectivity index (χ1) is 12.5. The van der Waals surface area contributed by atoms with Crippen LogP contribution in [0.2, 0.25) is 0 Å². The van der Waals surface area contributed by atoms with Gasteiger partial charge in [-0.15, -0.1) is 12.4 Å². The Hall–Kier alpha value is -2.24. The van der Waals surface area contributed by atoms with Crippen LogP contribution in [0.25, 0.3) is 0 Å². The maximum absolute atomic E-state index is 12.0. The Morgan fingerprint density at radius 3 is 2.11 bits per heavy atom. The highest BCUT2D eigenvalue weighted by Gasteiger charge is 2.11. The zero-order chi connectivity index (χ0) is 18.9. The van der Waals surface area contributed by atoms with Crippen LogP contribution >= 0.6 is 12.4 Å². The van der Waals surface area contributed by atoms with E-state index in [1.54, 1.807) is 6.07 Å². The Morgan fingerprint density at radius 2 is 1.56 bits per heavy atom. The van der Waals surface area contributed by atoms with Crippen LogP contribution < -0.4 is 20.5 Å². The molecule has 1 amide bonds. The first-order valence-corrected chi connectivity index (χ1v) is 8.98. The van der Waals surface area contributed by atoms with Gasteiger partial charge in [-0.2, -0.15) is 0 Å². The molecule has 27 heavy (non-hydrogen) atoms. The standard InChI is InChI=1S/C21H28N2O3.ClH/c1-4-25-19-7-5-6-8-20(19)26-14-21(24)23-13-18(22)17-11-9-16(10-12-17)15(2)3;/h5-12,15,18H,4,13-14,22H2,1-3H3,(H,23,24);1H. The molecule has 0 aliphatic carbocycles. The summed E-state index contributed by atoms with van der Waals surface area (Å²) < 4.78 is 11.0. The Bertz CT molecular complexity index is 705. The summed E-state index contributed by atoms with van der Waals surface area (Å²) in [6, 6.07) is 15.2. The van der Waals surface area contributed by atoms with Crippen molar-refractivity contribution in [3.05, 3.63) is 59.7 Å². The number of para-hydroxylation sites is 2. The van der Waals surface area contributed by atoms with Crippen molar-refractivity contribution in [1.82, 2.24) is 5.32 Å². The van der Waals surface area contributed by atoms with E-state index in [0.717, 1.165) is 5.56 Å². The molecule has 1 unspecified atom stereocenters. The van der Waals surface area contributed by atoms with Crippen molar-refractivity contribution in [2.45, 2.75) is 32.7 Å². The van der Waals surface area contributed by atoms with Crippen molar-refractivity contribution < 1.29 is 14.3 Å². The number of benzene rings is 2. The summed E-state index contributed by atoms with van der Waals surface area (Å²) in [5.74, 6) is 1.45. The zero-order valence-electron chi connectivity index (χ0n) is 16.1. The van der Waals surface area contributed by atoms with Gasteiger partial charge >= 0.3 is 0 Å². The number of ether oxygens (including phenoxy) is 2. The van der Waals surface area contributed by atoms with Gasteiger partial charge in [-0.3, -0.25) is 4.79 Å². The number of halogens is 1. The topological polar surface area (TPSA) is 73.6 Å². The number of carbonyl (C=O) groups excluding carboxylic acids is 1. The summed E-state index contributed by atoms with van der Waals surface area (Å²) in [6.07, 6.45) is 0. The molecule has 1 atom stereocenters. The van der Waals surface area contributed by atoms with Crippen LogP contribution in [-0.2, 0) is 4.79 Å². The first kappa shape index (κ1) is 22.8. The lowest BCUT2D eigenvalue weighted by Crippen LogP contribution is -2.35. The molecule has 0 radical (unpaired) electrons. The number of hydrogen-bond acceptors (Lipinski definition) is 4. The van der Waals surface area contributed by atoms with Crippen LogP contribution in [0.5, 0.6) is 11.5 Å². The molecule has 0 aliphatic heterocycles.